The summed E-state index contributed by atoms with van der Waals surface area (Å²) in [4.78, 5) is 26.5. The van der Waals surface area contributed by atoms with Crippen LogP contribution in [-0.4, -0.2) is 11.0 Å². The molecule has 2 amide bonds. The van der Waals surface area contributed by atoms with Gasteiger partial charge in [-0.25, -0.2) is 4.79 Å². The molecule has 2 aromatic carbocycles. The number of carbonyl (C=O) groups is 1. The van der Waals surface area contributed by atoms with Crippen molar-refractivity contribution in [2.24, 2.45) is 0 Å². The lowest BCUT2D eigenvalue weighted by Gasteiger charge is -2.08. The van der Waals surface area contributed by atoms with Gasteiger partial charge in [-0.05, 0) is 42.6 Å². The lowest BCUT2D eigenvalue weighted by molar-refractivity contribution is 0.251. The molecule has 0 radical (unpaired) electrons. The molecule has 2 heterocycles. The summed E-state index contributed by atoms with van der Waals surface area (Å²) in [6, 6.07) is 14.4. The summed E-state index contributed by atoms with van der Waals surface area (Å²) in [6.45, 7) is 2.27. The summed E-state index contributed by atoms with van der Waals surface area (Å²) in [6.07, 6.45) is 1.58. The molecule has 0 aliphatic rings. The van der Waals surface area contributed by atoms with Crippen molar-refractivity contribution in [2.45, 2.75) is 13.5 Å². The zero-order chi connectivity index (χ0) is 18.1. The van der Waals surface area contributed by atoms with Crippen LogP contribution in [0.3, 0.4) is 0 Å². The minimum Gasteiger partial charge on any atom is -0.459 e. The summed E-state index contributed by atoms with van der Waals surface area (Å²) >= 11 is 0. The van der Waals surface area contributed by atoms with Crippen molar-refractivity contribution >= 4 is 33.5 Å². The Kier molecular flexibility index (Phi) is 3.93. The summed E-state index contributed by atoms with van der Waals surface area (Å²) in [5, 5.41) is 7.96. The lowest BCUT2D eigenvalue weighted by Crippen LogP contribution is -2.28. The number of nitrogens with one attached hydrogen (secondary N) is 3. The number of aromatic nitrogens is 1. The zero-order valence-corrected chi connectivity index (χ0v) is 14.1. The van der Waals surface area contributed by atoms with Crippen LogP contribution >= 0.6 is 0 Å². The zero-order valence-electron chi connectivity index (χ0n) is 14.1. The maximum atomic E-state index is 12.2. The first kappa shape index (κ1) is 16.0. The van der Waals surface area contributed by atoms with E-state index in [1.165, 1.54) is 0 Å². The summed E-state index contributed by atoms with van der Waals surface area (Å²) in [5.41, 5.74) is 2.29. The van der Waals surface area contributed by atoms with Gasteiger partial charge in [0.25, 0.3) is 5.56 Å². The number of urea groups is 1. The van der Waals surface area contributed by atoms with Crippen molar-refractivity contribution in [2.75, 3.05) is 5.32 Å². The van der Waals surface area contributed by atoms with Crippen molar-refractivity contribution in [3.63, 3.8) is 0 Å². The molecular weight excluding hydrogens is 330 g/mol. The highest BCUT2D eigenvalue weighted by atomic mass is 16.3. The fourth-order valence-corrected chi connectivity index (χ4v) is 3.00. The van der Waals surface area contributed by atoms with Crippen LogP contribution in [0, 0.1) is 6.92 Å². The molecule has 0 spiro atoms. The number of rotatable bonds is 3. The number of carbonyl (C=O) groups excluding carboxylic acids is 1. The van der Waals surface area contributed by atoms with Crippen molar-refractivity contribution < 1.29 is 9.21 Å². The fourth-order valence-electron chi connectivity index (χ4n) is 3.00. The number of para-hydroxylation sites is 1. The maximum Gasteiger partial charge on any atom is 0.319 e. The summed E-state index contributed by atoms with van der Waals surface area (Å²) < 4.78 is 5.79. The van der Waals surface area contributed by atoms with Gasteiger partial charge in [-0.1, -0.05) is 18.2 Å². The topological polar surface area (TPSA) is 87.1 Å². The van der Waals surface area contributed by atoms with Gasteiger partial charge in [0.05, 0.1) is 6.54 Å². The minimum absolute atomic E-state index is 0.154. The molecule has 4 aromatic rings. The predicted octanol–water partition coefficient (Wildman–Crippen LogP) is 3.90. The molecule has 0 saturated heterocycles. The fraction of sp³-hybridized carbons (Fsp3) is 0.100. The average Bonchev–Trinajstić information content (AvgIpc) is 2.96. The Bertz CT molecular complexity index is 1170. The molecule has 0 fully saturated rings. The standard InChI is InChI=1S/C20H17N3O3/c1-12-15-4-2-3-5-17(15)26-18(12)11-22-20(25)23-14-6-7-16-13(10-14)8-9-21-19(16)24/h2-10H,11H2,1H3,(H,21,24)(H2,22,23,25). The first-order chi connectivity index (χ1) is 12.6. The number of fused-ring (bicyclic) bond motifs is 2. The third-order valence-electron chi connectivity index (χ3n) is 4.38. The number of H-pyrrole nitrogens is 1. The molecule has 0 aliphatic carbocycles. The molecule has 3 N–H and O–H groups in total. The Labute approximate surface area is 148 Å². The van der Waals surface area contributed by atoms with Crippen molar-refractivity contribution in [1.82, 2.24) is 10.3 Å². The summed E-state index contributed by atoms with van der Waals surface area (Å²) in [5.74, 6) is 0.728. The van der Waals surface area contributed by atoms with Gasteiger partial charge in [0.15, 0.2) is 0 Å². The van der Waals surface area contributed by atoms with E-state index in [0.717, 1.165) is 27.7 Å². The van der Waals surface area contributed by atoms with Crippen LogP contribution in [0.5, 0.6) is 0 Å². The van der Waals surface area contributed by atoms with E-state index in [9.17, 15) is 9.59 Å². The summed E-state index contributed by atoms with van der Waals surface area (Å²) in [7, 11) is 0. The molecule has 0 bridgehead atoms. The number of hydrogen-bond acceptors (Lipinski definition) is 3. The molecule has 26 heavy (non-hydrogen) atoms. The highest BCUT2D eigenvalue weighted by Crippen LogP contribution is 2.24. The average molecular weight is 347 g/mol. The first-order valence-electron chi connectivity index (χ1n) is 8.25. The second kappa shape index (κ2) is 6.40. The van der Waals surface area contributed by atoms with E-state index in [-0.39, 0.29) is 11.6 Å². The van der Waals surface area contributed by atoms with Gasteiger partial charge in [0.2, 0.25) is 0 Å². The number of aryl methyl sites for hydroxylation is 1. The van der Waals surface area contributed by atoms with Gasteiger partial charge < -0.3 is 20.0 Å². The number of furan rings is 1. The highest BCUT2D eigenvalue weighted by Gasteiger charge is 2.11. The van der Waals surface area contributed by atoms with E-state index in [1.807, 2.05) is 31.2 Å². The van der Waals surface area contributed by atoms with Crippen molar-refractivity contribution in [3.8, 4) is 0 Å². The number of aromatic amines is 1. The number of benzene rings is 2. The Morgan fingerprint density at radius 3 is 2.81 bits per heavy atom. The van der Waals surface area contributed by atoms with E-state index in [1.54, 1.807) is 30.5 Å². The molecule has 6 nitrogen and oxygen atoms in total. The van der Waals surface area contributed by atoms with Gasteiger partial charge in [-0.3, -0.25) is 4.79 Å². The molecule has 130 valence electrons. The van der Waals surface area contributed by atoms with E-state index >= 15 is 0 Å². The van der Waals surface area contributed by atoms with Gasteiger partial charge in [-0.15, -0.1) is 0 Å². The molecule has 0 atom stereocenters. The molecule has 2 aromatic heterocycles. The molecule has 6 heteroatoms. The van der Waals surface area contributed by atoms with Crippen molar-refractivity contribution in [3.05, 3.63) is 76.4 Å². The number of pyridine rings is 1. The first-order valence-corrected chi connectivity index (χ1v) is 8.25. The van der Waals surface area contributed by atoms with Crippen LogP contribution in [0.2, 0.25) is 0 Å². The lowest BCUT2D eigenvalue weighted by atomic mass is 10.1. The SMILES string of the molecule is Cc1c(CNC(=O)Nc2ccc3c(=O)[nH]ccc3c2)oc2ccccc12. The Hall–Kier alpha value is -3.54. The maximum absolute atomic E-state index is 12.2. The Balaban J connectivity index is 1.47. The second-order valence-electron chi connectivity index (χ2n) is 6.06. The van der Waals surface area contributed by atoms with Crippen LogP contribution < -0.4 is 16.2 Å². The Morgan fingerprint density at radius 1 is 1.12 bits per heavy atom. The minimum atomic E-state index is -0.339. The smallest absolute Gasteiger partial charge is 0.319 e. The second-order valence-corrected chi connectivity index (χ2v) is 6.06. The molecular formula is C20H17N3O3. The van der Waals surface area contributed by atoms with Crippen LogP contribution in [0.25, 0.3) is 21.7 Å². The largest absolute Gasteiger partial charge is 0.459 e. The molecule has 0 unspecified atom stereocenters. The van der Waals surface area contributed by atoms with E-state index in [4.69, 9.17) is 4.42 Å². The van der Waals surface area contributed by atoms with Crippen LogP contribution in [0.4, 0.5) is 10.5 Å². The van der Waals surface area contributed by atoms with Crippen LogP contribution in [0.1, 0.15) is 11.3 Å². The predicted molar refractivity (Wildman–Crippen MR) is 101 cm³/mol. The number of amides is 2. The van der Waals surface area contributed by atoms with Crippen molar-refractivity contribution in [1.29, 1.82) is 0 Å². The number of hydrogen-bond donors (Lipinski definition) is 3. The third kappa shape index (κ3) is 2.93. The number of anilines is 1. The van der Waals surface area contributed by atoms with Gasteiger partial charge in [-0.2, -0.15) is 0 Å². The van der Waals surface area contributed by atoms with Crippen LogP contribution in [-0.2, 0) is 6.54 Å². The van der Waals surface area contributed by atoms with Crippen LogP contribution in [0.15, 0.2) is 63.9 Å². The molecule has 4 rings (SSSR count). The van der Waals surface area contributed by atoms with Gasteiger partial charge in [0, 0.05) is 28.2 Å². The molecule has 0 aliphatic heterocycles. The Morgan fingerprint density at radius 2 is 1.96 bits per heavy atom. The third-order valence-corrected chi connectivity index (χ3v) is 4.38. The quantitative estimate of drug-likeness (QED) is 0.525. The van der Waals surface area contributed by atoms with Gasteiger partial charge in [0.1, 0.15) is 11.3 Å². The normalized spacial score (nSPS) is 11.0. The van der Waals surface area contributed by atoms with E-state index in [0.29, 0.717) is 17.6 Å². The monoisotopic (exact) mass is 347 g/mol. The highest BCUT2D eigenvalue weighted by molar-refractivity contribution is 5.93. The van der Waals surface area contributed by atoms with E-state index in [2.05, 4.69) is 15.6 Å². The molecule has 0 saturated carbocycles. The van der Waals surface area contributed by atoms with E-state index < -0.39 is 0 Å². The van der Waals surface area contributed by atoms with Gasteiger partial charge >= 0.3 is 6.03 Å².